The number of phenols is 1. The van der Waals surface area contributed by atoms with Crippen LogP contribution in [-0.4, -0.2) is 46.9 Å². The molecule has 1 aromatic heterocycles. The maximum atomic E-state index is 13.6. The molecule has 1 aliphatic heterocycles. The Labute approximate surface area is 142 Å². The van der Waals surface area contributed by atoms with E-state index in [0.717, 1.165) is 22.8 Å². The summed E-state index contributed by atoms with van der Waals surface area (Å²) in [5, 5.41) is 9.99. The molecular weight excluding hydrogens is 331 g/mol. The van der Waals surface area contributed by atoms with E-state index in [9.17, 15) is 19.1 Å². The SMILES string of the molecule is NC(=O)Cc1nc(N2CCOCC2)cc(=O)n1-c1cc(F)ccc1O. The molecule has 1 saturated heterocycles. The zero-order chi connectivity index (χ0) is 18.0. The Kier molecular flexibility index (Phi) is 4.66. The number of hydrogen-bond acceptors (Lipinski definition) is 6. The van der Waals surface area contributed by atoms with Crippen LogP contribution in [0.1, 0.15) is 5.82 Å². The largest absolute Gasteiger partial charge is 0.506 e. The number of halogens is 1. The molecule has 9 heteroatoms. The summed E-state index contributed by atoms with van der Waals surface area (Å²) in [5.41, 5.74) is 4.61. The summed E-state index contributed by atoms with van der Waals surface area (Å²) in [4.78, 5) is 30.2. The first kappa shape index (κ1) is 16.9. The van der Waals surface area contributed by atoms with E-state index in [1.54, 1.807) is 0 Å². The first-order valence-electron chi connectivity index (χ1n) is 7.68. The van der Waals surface area contributed by atoms with Crippen molar-refractivity contribution in [2.24, 2.45) is 5.73 Å². The molecule has 1 aliphatic rings. The quantitative estimate of drug-likeness (QED) is 0.801. The van der Waals surface area contributed by atoms with Gasteiger partial charge in [-0.3, -0.25) is 14.2 Å². The number of morpholine rings is 1. The van der Waals surface area contributed by atoms with Crippen LogP contribution in [0.15, 0.2) is 29.1 Å². The van der Waals surface area contributed by atoms with Crippen molar-refractivity contribution < 1.29 is 19.0 Å². The molecule has 3 rings (SSSR count). The van der Waals surface area contributed by atoms with Gasteiger partial charge in [0.25, 0.3) is 5.56 Å². The maximum absolute atomic E-state index is 13.6. The molecule has 0 unspecified atom stereocenters. The number of amides is 1. The fraction of sp³-hybridized carbons (Fsp3) is 0.312. The molecule has 0 saturated carbocycles. The number of aromatic nitrogens is 2. The number of benzene rings is 1. The van der Waals surface area contributed by atoms with Crippen molar-refractivity contribution in [1.29, 1.82) is 0 Å². The molecule has 1 aromatic carbocycles. The Hall–Kier alpha value is -2.94. The maximum Gasteiger partial charge on any atom is 0.260 e. The van der Waals surface area contributed by atoms with E-state index < -0.39 is 17.3 Å². The number of aromatic hydroxyl groups is 1. The topological polar surface area (TPSA) is 111 Å². The fourth-order valence-corrected chi connectivity index (χ4v) is 2.68. The number of carbonyl (C=O) groups is 1. The lowest BCUT2D eigenvalue weighted by atomic mass is 10.2. The zero-order valence-electron chi connectivity index (χ0n) is 13.3. The molecule has 25 heavy (non-hydrogen) atoms. The average molecular weight is 348 g/mol. The zero-order valence-corrected chi connectivity index (χ0v) is 13.3. The third-order valence-electron chi connectivity index (χ3n) is 3.82. The normalized spacial score (nSPS) is 14.5. The number of carbonyl (C=O) groups excluding carboxylic acids is 1. The minimum absolute atomic E-state index is 0.0300. The van der Waals surface area contributed by atoms with Gasteiger partial charge in [-0.1, -0.05) is 0 Å². The second kappa shape index (κ2) is 6.89. The van der Waals surface area contributed by atoms with Crippen molar-refractivity contribution in [1.82, 2.24) is 9.55 Å². The molecule has 2 heterocycles. The van der Waals surface area contributed by atoms with Crippen LogP contribution >= 0.6 is 0 Å². The van der Waals surface area contributed by atoms with Gasteiger partial charge in [-0.05, 0) is 12.1 Å². The molecule has 1 amide bonds. The minimum Gasteiger partial charge on any atom is -0.506 e. The predicted molar refractivity (Wildman–Crippen MR) is 87.4 cm³/mol. The lowest BCUT2D eigenvalue weighted by Gasteiger charge is -2.28. The second-order valence-electron chi connectivity index (χ2n) is 5.58. The van der Waals surface area contributed by atoms with Gasteiger partial charge < -0.3 is 20.5 Å². The van der Waals surface area contributed by atoms with Crippen molar-refractivity contribution in [3.05, 3.63) is 46.3 Å². The third kappa shape index (κ3) is 3.61. The van der Waals surface area contributed by atoms with Gasteiger partial charge in [0, 0.05) is 25.2 Å². The minimum atomic E-state index is -0.698. The Balaban J connectivity index is 2.15. The van der Waals surface area contributed by atoms with Crippen LogP contribution in [0.3, 0.4) is 0 Å². The highest BCUT2D eigenvalue weighted by Crippen LogP contribution is 2.23. The summed E-state index contributed by atoms with van der Waals surface area (Å²) in [6, 6.07) is 4.46. The summed E-state index contributed by atoms with van der Waals surface area (Å²) in [5.74, 6) is -1.23. The van der Waals surface area contributed by atoms with E-state index in [2.05, 4.69) is 4.98 Å². The van der Waals surface area contributed by atoms with Crippen LogP contribution in [0.2, 0.25) is 0 Å². The van der Waals surface area contributed by atoms with E-state index in [0.29, 0.717) is 32.1 Å². The number of rotatable bonds is 4. The first-order valence-corrected chi connectivity index (χ1v) is 7.68. The number of phenolic OH excluding ortho intramolecular Hbond substituents is 1. The van der Waals surface area contributed by atoms with Gasteiger partial charge in [0.15, 0.2) is 0 Å². The van der Waals surface area contributed by atoms with Crippen molar-refractivity contribution >= 4 is 11.7 Å². The van der Waals surface area contributed by atoms with E-state index in [1.165, 1.54) is 6.07 Å². The summed E-state index contributed by atoms with van der Waals surface area (Å²) < 4.78 is 19.8. The lowest BCUT2D eigenvalue weighted by molar-refractivity contribution is -0.117. The van der Waals surface area contributed by atoms with Gasteiger partial charge in [0.05, 0.1) is 25.3 Å². The number of anilines is 1. The standard InChI is InChI=1S/C16H17FN4O4/c17-10-1-2-12(22)11(7-10)21-15(8-13(18)23)19-14(9-16(21)24)20-3-5-25-6-4-20/h1-2,7,9,22H,3-6,8H2,(H2,18,23). The fourth-order valence-electron chi connectivity index (χ4n) is 2.68. The summed E-state index contributed by atoms with van der Waals surface area (Å²) in [6.07, 6.45) is -0.330. The van der Waals surface area contributed by atoms with Crippen LogP contribution in [0.25, 0.3) is 5.69 Å². The summed E-state index contributed by atoms with van der Waals surface area (Å²) >= 11 is 0. The van der Waals surface area contributed by atoms with Crippen molar-refractivity contribution in [2.75, 3.05) is 31.2 Å². The highest BCUT2D eigenvalue weighted by Gasteiger charge is 2.19. The van der Waals surface area contributed by atoms with E-state index in [1.807, 2.05) is 4.90 Å². The smallest absolute Gasteiger partial charge is 0.260 e. The van der Waals surface area contributed by atoms with Gasteiger partial charge in [0.1, 0.15) is 23.2 Å². The number of nitrogens with zero attached hydrogens (tertiary/aromatic N) is 3. The van der Waals surface area contributed by atoms with Gasteiger partial charge in [-0.2, -0.15) is 0 Å². The molecule has 1 fully saturated rings. The number of nitrogens with two attached hydrogens (primary N) is 1. The Morgan fingerprint density at radius 3 is 2.72 bits per heavy atom. The molecule has 3 N–H and O–H groups in total. The van der Waals surface area contributed by atoms with E-state index in [4.69, 9.17) is 10.5 Å². The molecule has 132 valence electrons. The van der Waals surface area contributed by atoms with Crippen LogP contribution in [0.4, 0.5) is 10.2 Å². The Morgan fingerprint density at radius 1 is 1.32 bits per heavy atom. The predicted octanol–water partition coefficient (Wildman–Crippen LogP) is -0.0584. The van der Waals surface area contributed by atoms with Crippen LogP contribution in [-0.2, 0) is 16.0 Å². The Morgan fingerprint density at radius 2 is 2.04 bits per heavy atom. The Bertz CT molecular complexity index is 862. The van der Waals surface area contributed by atoms with Crippen molar-refractivity contribution in [2.45, 2.75) is 6.42 Å². The van der Waals surface area contributed by atoms with Gasteiger partial charge in [0.2, 0.25) is 5.91 Å². The van der Waals surface area contributed by atoms with Crippen LogP contribution in [0, 0.1) is 5.82 Å². The first-order chi connectivity index (χ1) is 12.0. The summed E-state index contributed by atoms with van der Waals surface area (Å²) in [6.45, 7) is 2.11. The number of hydrogen-bond donors (Lipinski definition) is 2. The van der Waals surface area contributed by atoms with Gasteiger partial charge >= 0.3 is 0 Å². The van der Waals surface area contributed by atoms with Crippen LogP contribution in [0.5, 0.6) is 5.75 Å². The molecule has 0 aliphatic carbocycles. The molecule has 0 atom stereocenters. The van der Waals surface area contributed by atoms with E-state index >= 15 is 0 Å². The van der Waals surface area contributed by atoms with Crippen molar-refractivity contribution in [3.8, 4) is 11.4 Å². The highest BCUT2D eigenvalue weighted by atomic mass is 19.1. The molecule has 8 nitrogen and oxygen atoms in total. The average Bonchev–Trinajstić information content (AvgIpc) is 2.57. The number of primary amides is 1. The molecule has 0 bridgehead atoms. The summed E-state index contributed by atoms with van der Waals surface area (Å²) in [7, 11) is 0. The van der Waals surface area contributed by atoms with Crippen molar-refractivity contribution in [3.63, 3.8) is 0 Å². The molecule has 0 radical (unpaired) electrons. The monoisotopic (exact) mass is 348 g/mol. The highest BCUT2D eigenvalue weighted by molar-refractivity contribution is 5.76. The molecule has 0 spiro atoms. The van der Waals surface area contributed by atoms with Crippen LogP contribution < -0.4 is 16.2 Å². The van der Waals surface area contributed by atoms with Gasteiger partial charge in [-0.25, -0.2) is 9.37 Å². The van der Waals surface area contributed by atoms with Gasteiger partial charge in [-0.15, -0.1) is 0 Å². The lowest BCUT2D eigenvalue weighted by Crippen LogP contribution is -2.38. The van der Waals surface area contributed by atoms with E-state index in [-0.39, 0.29) is 23.7 Å². The molecular formula is C16H17FN4O4. The number of ether oxygens (including phenoxy) is 1. The third-order valence-corrected chi connectivity index (χ3v) is 3.82. The molecule has 2 aromatic rings. The second-order valence-corrected chi connectivity index (χ2v) is 5.58.